The average molecular weight is 663 g/mol. The summed E-state index contributed by atoms with van der Waals surface area (Å²) in [6.07, 6.45) is 6.29. The lowest BCUT2D eigenvalue weighted by Gasteiger charge is -2.19. The third-order valence-electron chi connectivity index (χ3n) is 7.87. The maximum atomic E-state index is 12.3. The van der Waals surface area contributed by atoms with Gasteiger partial charge in [-0.2, -0.15) is 20.5 Å². The van der Waals surface area contributed by atoms with E-state index in [2.05, 4.69) is 31.1 Å². The molecular weight excluding hydrogens is 612 g/mol. The highest BCUT2D eigenvalue weighted by Gasteiger charge is 2.26. The van der Waals surface area contributed by atoms with Crippen molar-refractivity contribution in [3.63, 3.8) is 0 Å². The van der Waals surface area contributed by atoms with Gasteiger partial charge >= 0.3 is 11.9 Å². The van der Waals surface area contributed by atoms with Gasteiger partial charge in [-0.1, -0.05) is 81.4 Å². The summed E-state index contributed by atoms with van der Waals surface area (Å²) in [6, 6.07) is 19.0. The van der Waals surface area contributed by atoms with Crippen LogP contribution in [0.15, 0.2) is 81.1 Å². The first-order valence-electron chi connectivity index (χ1n) is 17.0. The molecule has 0 fully saturated rings. The Bertz CT molecular complexity index is 1330. The van der Waals surface area contributed by atoms with E-state index in [1.807, 2.05) is 74.5 Å². The molecule has 2 N–H and O–H groups in total. The van der Waals surface area contributed by atoms with Gasteiger partial charge in [0.1, 0.15) is 13.2 Å². The molecule has 12 heteroatoms. The standard InChI is InChI=1S/C19H27N3O3.C17H23N3O3/c1-14(2)16(19(24)20-11-7-6-10-17-21-22-17)12-18(23)25-13-15-8-4-3-5-9-15;1-13(17(22)18-10-6-5-9-15-19-20-15)11-16(21)23-12-14-7-3-2-4-8-14/h3-5,8-9,14,16-17H,6-7,10-13H2,1-2H3,(H,20,24);2-4,7-8,13,15H,5-6,9-12H2,1H3,(H,18,22)/t16-;13-/m01/s1. The smallest absolute Gasteiger partial charge is 0.306 e. The van der Waals surface area contributed by atoms with Crippen molar-refractivity contribution in [3.05, 3.63) is 71.8 Å². The number of amides is 2. The zero-order chi connectivity index (χ0) is 34.6. The molecule has 0 spiro atoms. The molecular formula is C36H50N6O6. The molecule has 2 atom stereocenters. The second kappa shape index (κ2) is 21.4. The van der Waals surface area contributed by atoms with Crippen LogP contribution in [0.5, 0.6) is 0 Å². The molecule has 2 amide bonds. The number of hydrogen-bond donors (Lipinski definition) is 2. The predicted octanol–water partition coefficient (Wildman–Crippen LogP) is 6.30. The van der Waals surface area contributed by atoms with E-state index in [4.69, 9.17) is 9.47 Å². The van der Waals surface area contributed by atoms with Crippen LogP contribution in [0.4, 0.5) is 0 Å². The summed E-state index contributed by atoms with van der Waals surface area (Å²) in [5, 5.41) is 21.1. The van der Waals surface area contributed by atoms with Crippen molar-refractivity contribution in [2.75, 3.05) is 13.1 Å². The SMILES string of the molecule is CC(C)[C@H](CC(=O)OCc1ccccc1)C(=O)NCCCCC1N=N1.C[C@H](CC(=O)OCc1ccccc1)C(=O)NCCCCC1N=N1. The number of ether oxygens (including phenoxy) is 2. The number of rotatable bonds is 21. The Morgan fingerprint density at radius 3 is 1.50 bits per heavy atom. The number of carbonyl (C=O) groups excluding carboxylic acids is 4. The van der Waals surface area contributed by atoms with Crippen LogP contribution in [-0.2, 0) is 41.9 Å². The molecule has 260 valence electrons. The third kappa shape index (κ3) is 16.9. The zero-order valence-electron chi connectivity index (χ0n) is 28.4. The average Bonchev–Trinajstić information content (AvgIpc) is 4.03. The van der Waals surface area contributed by atoms with Gasteiger partial charge in [0.15, 0.2) is 12.3 Å². The fraction of sp³-hybridized carbons (Fsp3) is 0.556. The minimum Gasteiger partial charge on any atom is -0.461 e. The maximum Gasteiger partial charge on any atom is 0.306 e. The molecule has 0 aromatic heterocycles. The first kappa shape index (κ1) is 38.0. The highest BCUT2D eigenvalue weighted by atomic mass is 16.5. The Kier molecular flexibility index (Phi) is 16.9. The zero-order valence-corrected chi connectivity index (χ0v) is 28.4. The molecule has 48 heavy (non-hydrogen) atoms. The second-order valence-corrected chi connectivity index (χ2v) is 12.4. The minimum atomic E-state index is -0.383. The lowest BCUT2D eigenvalue weighted by atomic mass is 9.91. The number of nitrogens with one attached hydrogen (secondary N) is 2. The Morgan fingerprint density at radius 1 is 0.625 bits per heavy atom. The molecule has 0 bridgehead atoms. The highest BCUT2D eigenvalue weighted by molar-refractivity contribution is 5.84. The van der Waals surface area contributed by atoms with Crippen LogP contribution in [0.2, 0.25) is 0 Å². The first-order chi connectivity index (χ1) is 23.2. The Hall–Kier alpha value is -4.48. The lowest BCUT2D eigenvalue weighted by Crippen LogP contribution is -2.35. The third-order valence-corrected chi connectivity index (χ3v) is 7.87. The van der Waals surface area contributed by atoms with E-state index < -0.39 is 0 Å². The van der Waals surface area contributed by atoms with Crippen molar-refractivity contribution in [2.24, 2.45) is 38.2 Å². The van der Waals surface area contributed by atoms with Crippen LogP contribution in [0.3, 0.4) is 0 Å². The number of nitrogens with zero attached hydrogens (tertiary/aromatic N) is 4. The number of carbonyl (C=O) groups is 4. The van der Waals surface area contributed by atoms with Crippen molar-refractivity contribution in [1.29, 1.82) is 0 Å². The predicted molar refractivity (Wildman–Crippen MR) is 180 cm³/mol. The summed E-state index contributed by atoms with van der Waals surface area (Å²) in [7, 11) is 0. The maximum absolute atomic E-state index is 12.3. The van der Waals surface area contributed by atoms with E-state index in [0.29, 0.717) is 13.1 Å². The van der Waals surface area contributed by atoms with Crippen molar-refractivity contribution in [2.45, 2.75) is 97.7 Å². The van der Waals surface area contributed by atoms with Gasteiger partial charge in [0.2, 0.25) is 11.8 Å². The fourth-order valence-corrected chi connectivity index (χ4v) is 4.70. The van der Waals surface area contributed by atoms with Crippen molar-refractivity contribution >= 4 is 23.8 Å². The molecule has 2 aromatic rings. The molecule has 12 nitrogen and oxygen atoms in total. The molecule has 2 aliphatic heterocycles. The van der Waals surface area contributed by atoms with Gasteiger partial charge < -0.3 is 20.1 Å². The van der Waals surface area contributed by atoms with Gasteiger partial charge in [-0.15, -0.1) is 0 Å². The van der Waals surface area contributed by atoms with Gasteiger partial charge in [0.25, 0.3) is 0 Å². The largest absolute Gasteiger partial charge is 0.461 e. The molecule has 4 rings (SSSR count). The van der Waals surface area contributed by atoms with Crippen LogP contribution in [0.1, 0.15) is 83.3 Å². The summed E-state index contributed by atoms with van der Waals surface area (Å²) in [5.74, 6) is -1.55. The summed E-state index contributed by atoms with van der Waals surface area (Å²) >= 11 is 0. The van der Waals surface area contributed by atoms with Crippen molar-refractivity contribution in [3.8, 4) is 0 Å². The number of unbranched alkanes of at least 4 members (excludes halogenated alkanes) is 2. The number of hydrogen-bond acceptors (Lipinski definition) is 10. The second-order valence-electron chi connectivity index (χ2n) is 12.4. The molecule has 0 radical (unpaired) electrons. The van der Waals surface area contributed by atoms with E-state index in [9.17, 15) is 19.2 Å². The van der Waals surface area contributed by atoms with Crippen LogP contribution < -0.4 is 10.6 Å². The fourth-order valence-electron chi connectivity index (χ4n) is 4.70. The topological polar surface area (TPSA) is 160 Å². The van der Waals surface area contributed by atoms with E-state index in [-0.39, 0.29) is 79.9 Å². The molecule has 0 aliphatic carbocycles. The summed E-state index contributed by atoms with van der Waals surface area (Å²) in [6.45, 7) is 7.36. The molecule has 2 aliphatic rings. The Morgan fingerprint density at radius 2 is 1.06 bits per heavy atom. The lowest BCUT2D eigenvalue weighted by molar-refractivity contribution is -0.149. The molecule has 2 aromatic carbocycles. The molecule has 0 saturated carbocycles. The summed E-state index contributed by atoms with van der Waals surface area (Å²) in [5.41, 5.74) is 1.88. The molecule has 2 heterocycles. The van der Waals surface area contributed by atoms with E-state index in [1.54, 1.807) is 6.92 Å². The van der Waals surface area contributed by atoms with E-state index in [0.717, 1.165) is 49.7 Å². The first-order valence-corrected chi connectivity index (χ1v) is 17.0. The van der Waals surface area contributed by atoms with Crippen molar-refractivity contribution in [1.82, 2.24) is 10.6 Å². The normalized spacial score (nSPS) is 14.3. The molecule has 0 unspecified atom stereocenters. The van der Waals surface area contributed by atoms with Crippen molar-refractivity contribution < 1.29 is 28.7 Å². The highest BCUT2D eigenvalue weighted by Crippen LogP contribution is 2.19. The van der Waals surface area contributed by atoms with Gasteiger partial charge in [-0.3, -0.25) is 19.2 Å². The summed E-state index contributed by atoms with van der Waals surface area (Å²) in [4.78, 5) is 48.1. The van der Waals surface area contributed by atoms with E-state index >= 15 is 0 Å². The monoisotopic (exact) mass is 662 g/mol. The summed E-state index contributed by atoms with van der Waals surface area (Å²) < 4.78 is 10.5. The number of esters is 2. The van der Waals surface area contributed by atoms with Gasteiger partial charge in [0, 0.05) is 19.0 Å². The number of benzene rings is 2. The minimum absolute atomic E-state index is 0.0764. The van der Waals surface area contributed by atoms with Crippen LogP contribution >= 0.6 is 0 Å². The molecule has 0 saturated heterocycles. The van der Waals surface area contributed by atoms with Crippen LogP contribution in [0, 0.1) is 17.8 Å². The Labute approximate surface area is 283 Å². The van der Waals surface area contributed by atoms with Crippen LogP contribution in [-0.4, -0.2) is 49.2 Å². The van der Waals surface area contributed by atoms with Crippen LogP contribution in [0.25, 0.3) is 0 Å². The van der Waals surface area contributed by atoms with E-state index in [1.165, 1.54) is 0 Å². The quantitative estimate of drug-likeness (QED) is 0.118. The van der Waals surface area contributed by atoms with Gasteiger partial charge in [0.05, 0.1) is 18.8 Å². The Balaban J connectivity index is 0.000000261. The van der Waals surface area contributed by atoms with Gasteiger partial charge in [-0.25, -0.2) is 0 Å². The van der Waals surface area contributed by atoms with Gasteiger partial charge in [-0.05, 0) is 55.6 Å².